The van der Waals surface area contributed by atoms with Gasteiger partial charge in [-0.3, -0.25) is 0 Å². The van der Waals surface area contributed by atoms with E-state index >= 15 is 0 Å². The molecule has 0 bridgehead atoms. The zero-order valence-corrected chi connectivity index (χ0v) is 15.5. The number of carbonyl (C=O) groups is 2. The Morgan fingerprint density at radius 3 is 1.74 bits per heavy atom. The molecule has 0 amide bonds. The van der Waals surface area contributed by atoms with Gasteiger partial charge in [0, 0.05) is 0 Å². The Balaban J connectivity index is 1.71. The van der Waals surface area contributed by atoms with Gasteiger partial charge in [-0.1, -0.05) is 35.4 Å². The predicted molar refractivity (Wildman–Crippen MR) is 103 cm³/mol. The molecule has 4 heteroatoms. The first-order chi connectivity index (χ1) is 12.9. The fraction of sp³-hybridized carbons (Fsp3) is 0.130. The van der Waals surface area contributed by atoms with E-state index in [1.54, 1.807) is 49.4 Å². The number of ether oxygens (including phenoxy) is 2. The summed E-state index contributed by atoms with van der Waals surface area (Å²) in [5, 5.41) is 0. The van der Waals surface area contributed by atoms with Crippen LogP contribution in [0.5, 0.6) is 11.5 Å². The van der Waals surface area contributed by atoms with Gasteiger partial charge >= 0.3 is 11.9 Å². The van der Waals surface area contributed by atoms with Crippen LogP contribution in [-0.4, -0.2) is 11.9 Å². The quantitative estimate of drug-likeness (QED) is 0.482. The third-order valence-electron chi connectivity index (χ3n) is 4.15. The number of aryl methyl sites for hydroxylation is 3. The molecule has 0 unspecified atom stereocenters. The Morgan fingerprint density at radius 1 is 0.630 bits per heavy atom. The summed E-state index contributed by atoms with van der Waals surface area (Å²) >= 11 is 0. The summed E-state index contributed by atoms with van der Waals surface area (Å²) in [5.41, 5.74) is 3.72. The minimum atomic E-state index is -0.451. The number of hydrogen-bond acceptors (Lipinski definition) is 4. The maximum absolute atomic E-state index is 12.4. The zero-order chi connectivity index (χ0) is 19.4. The summed E-state index contributed by atoms with van der Waals surface area (Å²) in [7, 11) is 0. The number of rotatable bonds is 4. The minimum absolute atomic E-state index is 0.380. The predicted octanol–water partition coefficient (Wildman–Crippen LogP) is 5.05. The molecule has 0 radical (unpaired) electrons. The van der Waals surface area contributed by atoms with E-state index in [9.17, 15) is 9.59 Å². The Bertz CT molecular complexity index is 970. The minimum Gasteiger partial charge on any atom is -0.423 e. The highest BCUT2D eigenvalue weighted by atomic mass is 16.5. The molecule has 0 spiro atoms. The van der Waals surface area contributed by atoms with Crippen molar-refractivity contribution in [2.24, 2.45) is 0 Å². The highest BCUT2D eigenvalue weighted by molar-refractivity contribution is 5.93. The Labute approximate surface area is 158 Å². The van der Waals surface area contributed by atoms with Crippen molar-refractivity contribution in [1.29, 1.82) is 0 Å². The fourth-order valence-corrected chi connectivity index (χ4v) is 2.55. The van der Waals surface area contributed by atoms with Crippen LogP contribution in [0.4, 0.5) is 0 Å². The summed E-state index contributed by atoms with van der Waals surface area (Å²) < 4.78 is 10.8. The van der Waals surface area contributed by atoms with Crippen LogP contribution < -0.4 is 9.47 Å². The smallest absolute Gasteiger partial charge is 0.343 e. The van der Waals surface area contributed by atoms with Gasteiger partial charge in [0.25, 0.3) is 0 Å². The van der Waals surface area contributed by atoms with E-state index in [0.717, 1.165) is 11.1 Å². The van der Waals surface area contributed by atoms with Crippen molar-refractivity contribution in [3.63, 3.8) is 0 Å². The van der Waals surface area contributed by atoms with Crippen LogP contribution in [0.3, 0.4) is 0 Å². The van der Waals surface area contributed by atoms with E-state index in [2.05, 4.69) is 0 Å². The van der Waals surface area contributed by atoms with Gasteiger partial charge in [-0.05, 0) is 68.8 Å². The summed E-state index contributed by atoms with van der Waals surface area (Å²) in [6.07, 6.45) is 0. The summed E-state index contributed by atoms with van der Waals surface area (Å²) in [6, 6.07) is 19.2. The average molecular weight is 360 g/mol. The van der Waals surface area contributed by atoms with E-state index in [1.165, 1.54) is 0 Å². The topological polar surface area (TPSA) is 52.6 Å². The molecule has 0 saturated carbocycles. The molecule has 0 heterocycles. The van der Waals surface area contributed by atoms with Crippen molar-refractivity contribution in [3.05, 3.63) is 94.5 Å². The summed E-state index contributed by atoms with van der Waals surface area (Å²) in [5.74, 6) is -0.0259. The summed E-state index contributed by atoms with van der Waals surface area (Å²) in [6.45, 7) is 5.69. The van der Waals surface area contributed by atoms with E-state index in [-0.39, 0.29) is 0 Å². The van der Waals surface area contributed by atoms with E-state index in [0.29, 0.717) is 28.2 Å². The molecule has 0 aliphatic heterocycles. The van der Waals surface area contributed by atoms with Gasteiger partial charge < -0.3 is 9.47 Å². The van der Waals surface area contributed by atoms with Gasteiger partial charge in [-0.25, -0.2) is 9.59 Å². The molecular weight excluding hydrogens is 340 g/mol. The zero-order valence-electron chi connectivity index (χ0n) is 15.5. The van der Waals surface area contributed by atoms with Gasteiger partial charge in [-0.2, -0.15) is 0 Å². The maximum atomic E-state index is 12.4. The second-order valence-electron chi connectivity index (χ2n) is 6.43. The maximum Gasteiger partial charge on any atom is 0.343 e. The molecule has 3 aromatic rings. The van der Waals surface area contributed by atoms with Crippen LogP contribution in [0.25, 0.3) is 0 Å². The Kier molecular flexibility index (Phi) is 5.36. The molecule has 27 heavy (non-hydrogen) atoms. The fourth-order valence-electron chi connectivity index (χ4n) is 2.55. The molecule has 0 aromatic heterocycles. The SMILES string of the molecule is Cc1ccc(OC(=O)c2ccc(OC(=O)c3ccc(C)cc3)cc2C)cc1. The molecule has 0 atom stereocenters. The van der Waals surface area contributed by atoms with Crippen LogP contribution >= 0.6 is 0 Å². The highest BCUT2D eigenvalue weighted by Crippen LogP contribution is 2.21. The highest BCUT2D eigenvalue weighted by Gasteiger charge is 2.14. The van der Waals surface area contributed by atoms with Crippen LogP contribution in [0.2, 0.25) is 0 Å². The average Bonchev–Trinajstić information content (AvgIpc) is 2.64. The van der Waals surface area contributed by atoms with Gasteiger partial charge in [0.2, 0.25) is 0 Å². The third-order valence-corrected chi connectivity index (χ3v) is 4.15. The van der Waals surface area contributed by atoms with Crippen LogP contribution in [0.15, 0.2) is 66.7 Å². The molecule has 3 aromatic carbocycles. The van der Waals surface area contributed by atoms with Gasteiger partial charge in [0.15, 0.2) is 0 Å². The largest absolute Gasteiger partial charge is 0.423 e. The van der Waals surface area contributed by atoms with Gasteiger partial charge in [0.05, 0.1) is 11.1 Å². The van der Waals surface area contributed by atoms with Gasteiger partial charge in [0.1, 0.15) is 11.5 Å². The van der Waals surface area contributed by atoms with Crippen LogP contribution in [-0.2, 0) is 0 Å². The normalized spacial score (nSPS) is 10.3. The Hall–Kier alpha value is -3.40. The number of hydrogen-bond donors (Lipinski definition) is 0. The Morgan fingerprint density at radius 2 is 1.15 bits per heavy atom. The van der Waals surface area contributed by atoms with E-state index in [1.807, 2.05) is 38.1 Å². The van der Waals surface area contributed by atoms with Crippen molar-refractivity contribution < 1.29 is 19.1 Å². The molecular formula is C23H20O4. The van der Waals surface area contributed by atoms with Crippen LogP contribution in [0, 0.1) is 20.8 Å². The lowest BCUT2D eigenvalue weighted by molar-refractivity contribution is 0.0730. The van der Waals surface area contributed by atoms with Crippen molar-refractivity contribution in [2.45, 2.75) is 20.8 Å². The lowest BCUT2D eigenvalue weighted by Crippen LogP contribution is -2.12. The monoisotopic (exact) mass is 360 g/mol. The molecule has 136 valence electrons. The first kappa shape index (κ1) is 18.4. The van der Waals surface area contributed by atoms with Crippen molar-refractivity contribution in [2.75, 3.05) is 0 Å². The molecule has 4 nitrogen and oxygen atoms in total. The molecule has 0 N–H and O–H groups in total. The third kappa shape index (κ3) is 4.61. The van der Waals surface area contributed by atoms with Gasteiger partial charge in [-0.15, -0.1) is 0 Å². The standard InChI is InChI=1S/C23H20O4/c1-15-4-8-18(9-5-15)22(24)27-20-12-13-21(17(3)14-20)23(25)26-19-10-6-16(2)7-11-19/h4-14H,1-3H3. The molecule has 0 aliphatic rings. The number of carbonyl (C=O) groups excluding carboxylic acids is 2. The molecule has 0 saturated heterocycles. The first-order valence-corrected chi connectivity index (χ1v) is 8.61. The number of benzene rings is 3. The lowest BCUT2D eigenvalue weighted by atomic mass is 10.1. The van der Waals surface area contributed by atoms with Crippen LogP contribution in [0.1, 0.15) is 37.4 Å². The molecule has 0 aliphatic carbocycles. The lowest BCUT2D eigenvalue weighted by Gasteiger charge is -2.10. The van der Waals surface area contributed by atoms with Crippen molar-refractivity contribution in [3.8, 4) is 11.5 Å². The van der Waals surface area contributed by atoms with E-state index < -0.39 is 11.9 Å². The summed E-state index contributed by atoms with van der Waals surface area (Å²) in [4.78, 5) is 24.6. The first-order valence-electron chi connectivity index (χ1n) is 8.61. The molecule has 0 fully saturated rings. The van der Waals surface area contributed by atoms with E-state index in [4.69, 9.17) is 9.47 Å². The number of esters is 2. The molecule has 3 rings (SSSR count). The van der Waals surface area contributed by atoms with Crippen molar-refractivity contribution >= 4 is 11.9 Å². The second kappa shape index (κ2) is 7.87. The second-order valence-corrected chi connectivity index (χ2v) is 6.43. The van der Waals surface area contributed by atoms with Crippen molar-refractivity contribution in [1.82, 2.24) is 0 Å².